The highest BCUT2D eigenvalue weighted by Crippen LogP contribution is 2.36. The number of pyridine rings is 1. The standard InChI is InChI=1S/C19H21ClN6O/c1-25-9-7-12-4-3-5-14(18(12)19(25)27)23-15-10-16(21-11-13(15)20)24-17-6-8-22-26(17)2/h3-6,8,10-11,19,27H,7,9H2,1-2H3,(H2,21,23,24). The number of hydrogen-bond donors (Lipinski definition) is 3. The molecule has 27 heavy (non-hydrogen) atoms. The Hall–Kier alpha value is -2.61. The van der Waals surface area contributed by atoms with Crippen molar-refractivity contribution >= 4 is 34.6 Å². The average molecular weight is 385 g/mol. The van der Waals surface area contributed by atoms with Gasteiger partial charge < -0.3 is 15.7 Å². The second-order valence-electron chi connectivity index (χ2n) is 6.62. The summed E-state index contributed by atoms with van der Waals surface area (Å²) < 4.78 is 1.73. The maximum Gasteiger partial charge on any atom is 0.135 e. The number of aliphatic hydroxyl groups excluding tert-OH is 1. The van der Waals surface area contributed by atoms with Crippen LogP contribution in [0.5, 0.6) is 0 Å². The highest BCUT2D eigenvalue weighted by atomic mass is 35.5. The van der Waals surface area contributed by atoms with Gasteiger partial charge in [0, 0.05) is 37.0 Å². The monoisotopic (exact) mass is 384 g/mol. The van der Waals surface area contributed by atoms with Gasteiger partial charge in [0.1, 0.15) is 17.9 Å². The van der Waals surface area contributed by atoms with Crippen molar-refractivity contribution < 1.29 is 5.11 Å². The molecule has 1 aliphatic rings. The number of nitrogens with zero attached hydrogens (tertiary/aromatic N) is 4. The molecule has 1 aliphatic heterocycles. The van der Waals surface area contributed by atoms with Crippen molar-refractivity contribution in [3.63, 3.8) is 0 Å². The van der Waals surface area contributed by atoms with E-state index in [9.17, 15) is 5.11 Å². The van der Waals surface area contributed by atoms with E-state index in [2.05, 4.69) is 26.8 Å². The summed E-state index contributed by atoms with van der Waals surface area (Å²) in [5, 5.41) is 21.9. The number of nitrogens with one attached hydrogen (secondary N) is 2. The first-order valence-electron chi connectivity index (χ1n) is 8.70. The molecule has 0 fully saturated rings. The van der Waals surface area contributed by atoms with Crippen LogP contribution >= 0.6 is 11.6 Å². The third-order valence-corrected chi connectivity index (χ3v) is 5.11. The maximum atomic E-state index is 10.6. The van der Waals surface area contributed by atoms with E-state index in [0.717, 1.165) is 35.6 Å². The van der Waals surface area contributed by atoms with E-state index in [1.165, 1.54) is 0 Å². The summed E-state index contributed by atoms with van der Waals surface area (Å²) in [7, 11) is 3.77. The van der Waals surface area contributed by atoms with Crippen LogP contribution in [0.15, 0.2) is 42.7 Å². The van der Waals surface area contributed by atoms with Crippen LogP contribution < -0.4 is 10.6 Å². The van der Waals surface area contributed by atoms with E-state index in [1.807, 2.05) is 43.3 Å². The minimum Gasteiger partial charge on any atom is -0.374 e. The third kappa shape index (κ3) is 3.49. The molecule has 0 saturated carbocycles. The van der Waals surface area contributed by atoms with E-state index in [1.54, 1.807) is 17.1 Å². The predicted octanol–water partition coefficient (Wildman–Crippen LogP) is 3.43. The normalized spacial score (nSPS) is 16.8. The molecule has 4 rings (SSSR count). The Kier molecular flexibility index (Phi) is 4.73. The van der Waals surface area contributed by atoms with Crippen molar-refractivity contribution in [1.82, 2.24) is 19.7 Å². The fourth-order valence-electron chi connectivity index (χ4n) is 3.26. The molecule has 0 spiro atoms. The number of aliphatic hydroxyl groups is 1. The number of halogens is 1. The van der Waals surface area contributed by atoms with Crippen molar-refractivity contribution in [2.45, 2.75) is 12.6 Å². The maximum absolute atomic E-state index is 10.6. The van der Waals surface area contributed by atoms with Crippen LogP contribution in [0, 0.1) is 0 Å². The molecule has 2 aromatic heterocycles. The van der Waals surface area contributed by atoms with Gasteiger partial charge in [-0.3, -0.25) is 9.58 Å². The number of hydrogen-bond acceptors (Lipinski definition) is 6. The highest BCUT2D eigenvalue weighted by molar-refractivity contribution is 6.33. The van der Waals surface area contributed by atoms with Crippen LogP contribution in [-0.2, 0) is 13.5 Å². The van der Waals surface area contributed by atoms with E-state index in [-0.39, 0.29) is 0 Å². The fraction of sp³-hybridized carbons (Fsp3) is 0.263. The Morgan fingerprint density at radius 1 is 1.19 bits per heavy atom. The lowest BCUT2D eigenvalue weighted by Crippen LogP contribution is -2.32. The van der Waals surface area contributed by atoms with E-state index < -0.39 is 6.23 Å². The number of aryl methyl sites for hydroxylation is 1. The molecule has 3 aromatic rings. The highest BCUT2D eigenvalue weighted by Gasteiger charge is 2.25. The van der Waals surface area contributed by atoms with Gasteiger partial charge in [0.25, 0.3) is 0 Å². The van der Waals surface area contributed by atoms with Crippen LogP contribution in [0.3, 0.4) is 0 Å². The second-order valence-corrected chi connectivity index (χ2v) is 7.03. The summed E-state index contributed by atoms with van der Waals surface area (Å²) in [4.78, 5) is 6.26. The number of fused-ring (bicyclic) bond motifs is 1. The molecule has 0 aliphatic carbocycles. The topological polar surface area (TPSA) is 78.2 Å². The van der Waals surface area contributed by atoms with Crippen molar-refractivity contribution in [3.8, 4) is 0 Å². The zero-order valence-corrected chi connectivity index (χ0v) is 15.9. The van der Waals surface area contributed by atoms with Crippen LogP contribution in [0.1, 0.15) is 17.4 Å². The molecule has 3 heterocycles. The predicted molar refractivity (Wildman–Crippen MR) is 107 cm³/mol. The number of likely N-dealkylation sites (N-methyl/N-ethyl adjacent to an activating group) is 1. The van der Waals surface area contributed by atoms with Gasteiger partial charge in [-0.2, -0.15) is 5.10 Å². The number of anilines is 4. The Morgan fingerprint density at radius 2 is 2.04 bits per heavy atom. The first-order valence-corrected chi connectivity index (χ1v) is 9.08. The molecular formula is C19H21ClN6O. The van der Waals surface area contributed by atoms with Crippen molar-refractivity contribution in [3.05, 3.63) is 58.9 Å². The number of rotatable bonds is 4. The smallest absolute Gasteiger partial charge is 0.135 e. The lowest BCUT2D eigenvalue weighted by atomic mass is 9.96. The summed E-state index contributed by atoms with van der Waals surface area (Å²) in [5.41, 5.74) is 3.58. The lowest BCUT2D eigenvalue weighted by Gasteiger charge is -2.32. The second kappa shape index (κ2) is 7.19. The minimum absolute atomic E-state index is 0.502. The summed E-state index contributed by atoms with van der Waals surface area (Å²) in [6, 6.07) is 9.70. The van der Waals surface area contributed by atoms with Gasteiger partial charge >= 0.3 is 0 Å². The molecule has 0 saturated heterocycles. The van der Waals surface area contributed by atoms with E-state index in [0.29, 0.717) is 16.5 Å². The van der Waals surface area contributed by atoms with E-state index >= 15 is 0 Å². The molecule has 0 radical (unpaired) electrons. The third-order valence-electron chi connectivity index (χ3n) is 4.81. The van der Waals surface area contributed by atoms with Crippen LogP contribution in [0.25, 0.3) is 0 Å². The number of aromatic nitrogens is 3. The zero-order chi connectivity index (χ0) is 19.0. The zero-order valence-electron chi connectivity index (χ0n) is 15.1. The lowest BCUT2D eigenvalue weighted by molar-refractivity contribution is 0.0134. The Morgan fingerprint density at radius 3 is 2.81 bits per heavy atom. The fourth-order valence-corrected chi connectivity index (χ4v) is 3.41. The molecule has 8 heteroatoms. The quantitative estimate of drug-likeness (QED) is 0.639. The van der Waals surface area contributed by atoms with Crippen LogP contribution in [0.2, 0.25) is 5.02 Å². The molecule has 1 unspecified atom stereocenters. The van der Waals surface area contributed by atoms with Crippen LogP contribution in [-0.4, -0.2) is 38.4 Å². The largest absolute Gasteiger partial charge is 0.374 e. The summed E-state index contributed by atoms with van der Waals surface area (Å²) in [5.74, 6) is 1.47. The molecule has 0 bridgehead atoms. The van der Waals surface area contributed by atoms with Crippen LogP contribution in [0.4, 0.5) is 23.0 Å². The minimum atomic E-state index is -0.648. The molecule has 1 atom stereocenters. The van der Waals surface area contributed by atoms with Crippen molar-refractivity contribution in [1.29, 1.82) is 0 Å². The Bertz CT molecular complexity index is 973. The van der Waals surface area contributed by atoms with Gasteiger partial charge in [-0.15, -0.1) is 0 Å². The number of benzene rings is 1. The SMILES string of the molecule is CN1CCc2cccc(Nc3cc(Nc4ccnn4C)ncc3Cl)c2C1O. The average Bonchev–Trinajstić information content (AvgIpc) is 3.06. The summed E-state index contributed by atoms with van der Waals surface area (Å²) in [6.45, 7) is 0.826. The molecule has 0 amide bonds. The van der Waals surface area contributed by atoms with Gasteiger partial charge in [-0.05, 0) is 25.1 Å². The van der Waals surface area contributed by atoms with Crippen molar-refractivity contribution in [2.24, 2.45) is 7.05 Å². The van der Waals surface area contributed by atoms with Gasteiger partial charge in [-0.1, -0.05) is 23.7 Å². The molecule has 140 valence electrons. The van der Waals surface area contributed by atoms with Gasteiger partial charge in [0.2, 0.25) is 0 Å². The molecule has 1 aromatic carbocycles. The molecule has 3 N–H and O–H groups in total. The van der Waals surface area contributed by atoms with Gasteiger partial charge in [-0.25, -0.2) is 4.98 Å². The van der Waals surface area contributed by atoms with Gasteiger partial charge in [0.05, 0.1) is 23.1 Å². The Labute approximate surface area is 162 Å². The van der Waals surface area contributed by atoms with Gasteiger partial charge in [0.15, 0.2) is 0 Å². The Balaban J connectivity index is 1.66. The first-order chi connectivity index (χ1) is 13.0. The molecule has 7 nitrogen and oxygen atoms in total. The van der Waals surface area contributed by atoms with Crippen molar-refractivity contribution in [2.75, 3.05) is 24.2 Å². The van der Waals surface area contributed by atoms with E-state index in [4.69, 9.17) is 11.6 Å². The molecular weight excluding hydrogens is 364 g/mol. The summed E-state index contributed by atoms with van der Waals surface area (Å²) >= 11 is 6.36. The first kappa shape index (κ1) is 17.8. The summed E-state index contributed by atoms with van der Waals surface area (Å²) in [6.07, 6.45) is 3.56.